The highest BCUT2D eigenvalue weighted by Gasteiger charge is 2.22. The first kappa shape index (κ1) is 18.5. The number of halogens is 1. The number of benzene rings is 1. The molecule has 7 heteroatoms. The fraction of sp³-hybridized carbons (Fsp3) is 0.421. The van der Waals surface area contributed by atoms with Crippen molar-refractivity contribution in [1.29, 1.82) is 0 Å². The molecule has 1 heterocycles. The molecule has 0 spiro atoms. The van der Waals surface area contributed by atoms with Crippen molar-refractivity contribution in [2.75, 3.05) is 6.54 Å². The Bertz CT molecular complexity index is 772. The van der Waals surface area contributed by atoms with Crippen LogP contribution in [-0.4, -0.2) is 23.3 Å². The van der Waals surface area contributed by atoms with E-state index in [4.69, 9.17) is 0 Å². The predicted octanol–water partition coefficient (Wildman–Crippen LogP) is 3.06. The fourth-order valence-corrected chi connectivity index (χ4v) is 3.81. The summed E-state index contributed by atoms with van der Waals surface area (Å²) in [4.78, 5) is 28.4. The Hall–Kier alpha value is -2.28. The monoisotopic (exact) mass is 375 g/mol. The minimum Gasteiger partial charge on any atom is -0.350 e. The smallest absolute Gasteiger partial charge is 0.270 e. The van der Waals surface area contributed by atoms with Crippen LogP contribution in [-0.2, 0) is 17.8 Å². The summed E-state index contributed by atoms with van der Waals surface area (Å²) in [5.74, 6) is -0.355. The van der Waals surface area contributed by atoms with Crippen LogP contribution in [0, 0.1) is 11.7 Å². The molecule has 1 fully saturated rings. The molecule has 0 unspecified atom stereocenters. The number of nitrogens with zero attached hydrogens (tertiary/aromatic N) is 1. The van der Waals surface area contributed by atoms with Crippen molar-refractivity contribution < 1.29 is 14.0 Å². The largest absolute Gasteiger partial charge is 0.350 e. The van der Waals surface area contributed by atoms with Crippen LogP contribution in [0.25, 0.3) is 0 Å². The van der Waals surface area contributed by atoms with Crippen molar-refractivity contribution >= 4 is 23.2 Å². The van der Waals surface area contributed by atoms with Gasteiger partial charge in [0.15, 0.2) is 0 Å². The van der Waals surface area contributed by atoms with E-state index in [1.165, 1.54) is 17.4 Å². The number of amides is 2. The van der Waals surface area contributed by atoms with E-state index in [1.54, 1.807) is 23.6 Å². The SMILES string of the molecule is O=C(NCCc1ccccc1F)c1csc(CNC(=O)C2CCCC2)n1. The van der Waals surface area contributed by atoms with Gasteiger partial charge in [0.1, 0.15) is 16.5 Å². The average molecular weight is 375 g/mol. The Morgan fingerprint density at radius 2 is 1.96 bits per heavy atom. The molecule has 0 atom stereocenters. The van der Waals surface area contributed by atoms with Crippen LogP contribution in [0.1, 0.15) is 46.7 Å². The van der Waals surface area contributed by atoms with E-state index < -0.39 is 0 Å². The summed E-state index contributed by atoms with van der Waals surface area (Å²) in [6.45, 7) is 0.688. The van der Waals surface area contributed by atoms with Crippen LogP contribution in [0.4, 0.5) is 4.39 Å². The van der Waals surface area contributed by atoms with Crippen LogP contribution in [0.3, 0.4) is 0 Å². The quantitative estimate of drug-likeness (QED) is 0.781. The van der Waals surface area contributed by atoms with Gasteiger partial charge in [-0.15, -0.1) is 11.3 Å². The number of nitrogens with one attached hydrogen (secondary N) is 2. The lowest BCUT2D eigenvalue weighted by Gasteiger charge is -2.08. The maximum absolute atomic E-state index is 13.5. The first-order valence-corrected chi connectivity index (χ1v) is 9.75. The van der Waals surface area contributed by atoms with Crippen LogP contribution >= 0.6 is 11.3 Å². The topological polar surface area (TPSA) is 71.1 Å². The highest BCUT2D eigenvalue weighted by Crippen LogP contribution is 2.24. The van der Waals surface area contributed by atoms with Crippen molar-refractivity contribution in [2.24, 2.45) is 5.92 Å². The number of carbonyl (C=O) groups excluding carboxylic acids is 2. The summed E-state index contributed by atoms with van der Waals surface area (Å²) in [5, 5.41) is 8.03. The molecule has 5 nitrogen and oxygen atoms in total. The van der Waals surface area contributed by atoms with E-state index in [2.05, 4.69) is 15.6 Å². The molecule has 26 heavy (non-hydrogen) atoms. The summed E-state index contributed by atoms with van der Waals surface area (Å²) < 4.78 is 13.5. The number of hydrogen-bond acceptors (Lipinski definition) is 4. The van der Waals surface area contributed by atoms with Gasteiger partial charge in [0.2, 0.25) is 5.91 Å². The second-order valence-electron chi connectivity index (χ2n) is 6.42. The Morgan fingerprint density at radius 1 is 1.19 bits per heavy atom. The Balaban J connectivity index is 1.44. The van der Waals surface area contributed by atoms with Gasteiger partial charge in [-0.05, 0) is 30.9 Å². The van der Waals surface area contributed by atoms with Crippen molar-refractivity contribution in [3.05, 3.63) is 51.7 Å². The zero-order valence-corrected chi connectivity index (χ0v) is 15.3. The number of carbonyl (C=O) groups is 2. The van der Waals surface area contributed by atoms with E-state index in [0.717, 1.165) is 25.7 Å². The molecular weight excluding hydrogens is 353 g/mol. The van der Waals surface area contributed by atoms with Gasteiger partial charge >= 0.3 is 0 Å². The Morgan fingerprint density at radius 3 is 2.73 bits per heavy atom. The minimum absolute atomic E-state index is 0.0774. The molecule has 1 aliphatic carbocycles. The molecule has 1 aromatic carbocycles. The van der Waals surface area contributed by atoms with Crippen molar-refractivity contribution in [1.82, 2.24) is 15.6 Å². The molecule has 0 saturated heterocycles. The third kappa shape index (κ3) is 4.88. The van der Waals surface area contributed by atoms with Crippen LogP contribution < -0.4 is 10.6 Å². The van der Waals surface area contributed by atoms with Gasteiger partial charge < -0.3 is 10.6 Å². The van der Waals surface area contributed by atoms with Gasteiger partial charge in [-0.25, -0.2) is 9.37 Å². The van der Waals surface area contributed by atoms with Crippen molar-refractivity contribution in [3.63, 3.8) is 0 Å². The number of thiazole rings is 1. The summed E-state index contributed by atoms with van der Waals surface area (Å²) >= 11 is 1.35. The molecule has 0 aliphatic heterocycles. The molecule has 2 amide bonds. The zero-order valence-electron chi connectivity index (χ0n) is 14.5. The van der Waals surface area contributed by atoms with Crippen LogP contribution in [0.2, 0.25) is 0 Å². The van der Waals surface area contributed by atoms with Gasteiger partial charge in [-0.3, -0.25) is 9.59 Å². The van der Waals surface area contributed by atoms with E-state index in [1.807, 2.05) is 0 Å². The van der Waals surface area contributed by atoms with E-state index >= 15 is 0 Å². The maximum Gasteiger partial charge on any atom is 0.270 e. The summed E-state index contributed by atoms with van der Waals surface area (Å²) in [6.07, 6.45) is 4.57. The summed E-state index contributed by atoms with van der Waals surface area (Å²) in [7, 11) is 0. The van der Waals surface area contributed by atoms with Crippen molar-refractivity contribution in [3.8, 4) is 0 Å². The molecule has 1 aliphatic rings. The summed E-state index contributed by atoms with van der Waals surface area (Å²) in [6, 6.07) is 6.52. The molecule has 2 aromatic rings. The minimum atomic E-state index is -0.286. The lowest BCUT2D eigenvalue weighted by Crippen LogP contribution is -2.29. The third-order valence-electron chi connectivity index (χ3n) is 4.56. The maximum atomic E-state index is 13.5. The lowest BCUT2D eigenvalue weighted by molar-refractivity contribution is -0.124. The first-order chi connectivity index (χ1) is 12.6. The normalized spacial score (nSPS) is 14.3. The number of hydrogen-bond donors (Lipinski definition) is 2. The van der Waals surface area contributed by atoms with Gasteiger partial charge in [0.25, 0.3) is 5.91 Å². The second-order valence-corrected chi connectivity index (χ2v) is 7.37. The Labute approximate surface area is 156 Å². The Kier molecular flexibility index (Phi) is 6.33. The van der Waals surface area contributed by atoms with Crippen LogP contribution in [0.15, 0.2) is 29.6 Å². The van der Waals surface area contributed by atoms with Crippen LogP contribution in [0.5, 0.6) is 0 Å². The van der Waals surface area contributed by atoms with E-state index in [0.29, 0.717) is 35.8 Å². The zero-order chi connectivity index (χ0) is 18.4. The number of rotatable bonds is 7. The molecule has 2 N–H and O–H groups in total. The van der Waals surface area contributed by atoms with E-state index in [9.17, 15) is 14.0 Å². The fourth-order valence-electron chi connectivity index (χ4n) is 3.09. The molecule has 1 aromatic heterocycles. The van der Waals surface area contributed by atoms with E-state index in [-0.39, 0.29) is 23.5 Å². The molecule has 138 valence electrons. The second kappa shape index (κ2) is 8.89. The predicted molar refractivity (Wildman–Crippen MR) is 98.4 cm³/mol. The van der Waals surface area contributed by atoms with Gasteiger partial charge in [0, 0.05) is 17.8 Å². The molecule has 0 bridgehead atoms. The number of aromatic nitrogens is 1. The first-order valence-electron chi connectivity index (χ1n) is 8.87. The highest BCUT2D eigenvalue weighted by atomic mass is 32.1. The highest BCUT2D eigenvalue weighted by molar-refractivity contribution is 7.09. The summed E-state index contributed by atoms with van der Waals surface area (Å²) in [5.41, 5.74) is 0.898. The van der Waals surface area contributed by atoms with Gasteiger partial charge in [-0.1, -0.05) is 31.0 Å². The standard InChI is InChI=1S/C19H22FN3O2S/c20-15-8-4-3-5-13(15)9-10-21-19(25)16-12-26-17(23-16)11-22-18(24)14-6-1-2-7-14/h3-5,8,12,14H,1-2,6-7,9-11H2,(H,21,25)(H,22,24). The molecular formula is C19H22FN3O2S. The molecule has 3 rings (SSSR count). The van der Waals surface area contributed by atoms with Gasteiger partial charge in [-0.2, -0.15) is 0 Å². The average Bonchev–Trinajstić information content (AvgIpc) is 3.33. The molecule has 1 saturated carbocycles. The van der Waals surface area contributed by atoms with Crippen molar-refractivity contribution in [2.45, 2.75) is 38.6 Å². The van der Waals surface area contributed by atoms with Gasteiger partial charge in [0.05, 0.1) is 6.54 Å². The third-order valence-corrected chi connectivity index (χ3v) is 5.41. The molecule has 0 radical (unpaired) electrons. The lowest BCUT2D eigenvalue weighted by atomic mass is 10.1.